The van der Waals surface area contributed by atoms with E-state index in [9.17, 15) is 0 Å². The summed E-state index contributed by atoms with van der Waals surface area (Å²) in [6.45, 7) is 2.98. The normalized spacial score (nSPS) is 14.4. The summed E-state index contributed by atoms with van der Waals surface area (Å²) in [6.07, 6.45) is 2.74. The zero-order valence-corrected chi connectivity index (χ0v) is 12.7. The minimum Gasteiger partial charge on any atom is -0.380 e. The molecule has 0 aliphatic heterocycles. The molecule has 1 nitrogen and oxygen atoms in total. The van der Waals surface area contributed by atoms with E-state index < -0.39 is 0 Å². The van der Waals surface area contributed by atoms with Crippen molar-refractivity contribution >= 4 is 21.6 Å². The number of anilines is 1. The van der Waals surface area contributed by atoms with Crippen LogP contribution in [0.2, 0.25) is 0 Å². The number of nitrogens with one attached hydrogen (secondary N) is 1. The van der Waals surface area contributed by atoms with Gasteiger partial charge in [-0.2, -0.15) is 0 Å². The van der Waals surface area contributed by atoms with Crippen LogP contribution in [0.5, 0.6) is 0 Å². The van der Waals surface area contributed by atoms with Crippen LogP contribution in [0.3, 0.4) is 0 Å². The highest BCUT2D eigenvalue weighted by atomic mass is 79.9. The molecule has 0 heterocycles. The average molecular weight is 316 g/mol. The van der Waals surface area contributed by atoms with Gasteiger partial charge < -0.3 is 5.32 Å². The average Bonchev–Trinajstić information content (AvgIpc) is 3.25. The SMILES string of the molecule is Cc1ccc(Br)c(NCc2ccc(C3CC3)cc2)c1. The summed E-state index contributed by atoms with van der Waals surface area (Å²) in [5.41, 5.74) is 5.26. The van der Waals surface area contributed by atoms with Crippen molar-refractivity contribution in [2.45, 2.75) is 32.2 Å². The monoisotopic (exact) mass is 315 g/mol. The predicted molar refractivity (Wildman–Crippen MR) is 84.6 cm³/mol. The second-order valence-corrected chi connectivity index (χ2v) is 6.21. The molecule has 1 aliphatic rings. The smallest absolute Gasteiger partial charge is 0.0489 e. The molecule has 1 aliphatic carbocycles. The van der Waals surface area contributed by atoms with Crippen LogP contribution in [0, 0.1) is 6.92 Å². The Morgan fingerprint density at radius 2 is 1.84 bits per heavy atom. The molecule has 1 N–H and O–H groups in total. The fraction of sp³-hybridized carbons (Fsp3) is 0.294. The largest absolute Gasteiger partial charge is 0.380 e. The van der Waals surface area contributed by atoms with Crippen molar-refractivity contribution in [2.75, 3.05) is 5.32 Å². The molecule has 0 spiro atoms. The highest BCUT2D eigenvalue weighted by molar-refractivity contribution is 9.10. The zero-order valence-electron chi connectivity index (χ0n) is 11.1. The highest BCUT2D eigenvalue weighted by Crippen LogP contribution is 2.39. The summed E-state index contributed by atoms with van der Waals surface area (Å²) in [4.78, 5) is 0. The van der Waals surface area contributed by atoms with E-state index >= 15 is 0 Å². The summed E-state index contributed by atoms with van der Waals surface area (Å²) in [6, 6.07) is 15.4. The third-order valence-electron chi connectivity index (χ3n) is 3.63. The van der Waals surface area contributed by atoms with Crippen molar-refractivity contribution in [3.05, 3.63) is 63.6 Å². The van der Waals surface area contributed by atoms with Gasteiger partial charge in [0, 0.05) is 16.7 Å². The maximum Gasteiger partial charge on any atom is 0.0489 e. The van der Waals surface area contributed by atoms with Gasteiger partial charge >= 0.3 is 0 Å². The minimum atomic E-state index is 0.841. The first-order chi connectivity index (χ1) is 9.22. The molecule has 0 amide bonds. The highest BCUT2D eigenvalue weighted by Gasteiger charge is 2.22. The molecule has 1 fully saturated rings. The maximum atomic E-state index is 3.58. The van der Waals surface area contributed by atoms with E-state index in [1.165, 1.54) is 29.5 Å². The number of halogens is 1. The molecule has 0 aromatic heterocycles. The summed E-state index contributed by atoms with van der Waals surface area (Å²) in [5, 5.41) is 3.49. The lowest BCUT2D eigenvalue weighted by Gasteiger charge is -2.10. The van der Waals surface area contributed by atoms with E-state index in [4.69, 9.17) is 0 Å². The summed E-state index contributed by atoms with van der Waals surface area (Å²) >= 11 is 3.58. The molecule has 19 heavy (non-hydrogen) atoms. The van der Waals surface area contributed by atoms with E-state index in [0.29, 0.717) is 0 Å². The molecule has 0 bridgehead atoms. The topological polar surface area (TPSA) is 12.0 Å². The fourth-order valence-corrected chi connectivity index (χ4v) is 2.68. The number of aryl methyl sites for hydroxylation is 1. The third-order valence-corrected chi connectivity index (χ3v) is 4.32. The van der Waals surface area contributed by atoms with Crippen molar-refractivity contribution in [3.8, 4) is 0 Å². The molecule has 2 heteroatoms. The van der Waals surface area contributed by atoms with Gasteiger partial charge in [0.25, 0.3) is 0 Å². The van der Waals surface area contributed by atoms with Crippen molar-refractivity contribution in [1.29, 1.82) is 0 Å². The van der Waals surface area contributed by atoms with Gasteiger partial charge in [0.1, 0.15) is 0 Å². The molecule has 2 aromatic rings. The minimum absolute atomic E-state index is 0.841. The molecule has 98 valence electrons. The maximum absolute atomic E-state index is 3.58. The van der Waals surface area contributed by atoms with Gasteiger partial charge in [-0.3, -0.25) is 0 Å². The quantitative estimate of drug-likeness (QED) is 0.812. The van der Waals surface area contributed by atoms with Gasteiger partial charge in [-0.25, -0.2) is 0 Å². The van der Waals surface area contributed by atoms with Gasteiger partial charge in [0.15, 0.2) is 0 Å². The Labute approximate surface area is 123 Å². The van der Waals surface area contributed by atoms with Crippen LogP contribution >= 0.6 is 15.9 Å². The Morgan fingerprint density at radius 1 is 1.11 bits per heavy atom. The Hall–Kier alpha value is -1.28. The predicted octanol–water partition coefficient (Wildman–Crippen LogP) is 5.25. The van der Waals surface area contributed by atoms with Gasteiger partial charge in [0.2, 0.25) is 0 Å². The van der Waals surface area contributed by atoms with E-state index in [1.54, 1.807) is 0 Å². The number of benzene rings is 2. The number of rotatable bonds is 4. The van der Waals surface area contributed by atoms with Crippen LogP contribution in [-0.4, -0.2) is 0 Å². The molecule has 0 saturated heterocycles. The Kier molecular flexibility index (Phi) is 3.61. The lowest BCUT2D eigenvalue weighted by Crippen LogP contribution is -2.00. The van der Waals surface area contributed by atoms with Crippen LogP contribution in [0.1, 0.15) is 35.4 Å². The molecular formula is C17H18BrN. The second-order valence-electron chi connectivity index (χ2n) is 5.35. The molecule has 1 saturated carbocycles. The molecule has 2 aromatic carbocycles. The number of hydrogen-bond acceptors (Lipinski definition) is 1. The van der Waals surface area contributed by atoms with Crippen molar-refractivity contribution in [1.82, 2.24) is 0 Å². The van der Waals surface area contributed by atoms with Gasteiger partial charge in [-0.15, -0.1) is 0 Å². The van der Waals surface area contributed by atoms with E-state index in [0.717, 1.165) is 22.6 Å². The molecule has 0 unspecified atom stereocenters. The standard InChI is InChI=1S/C17H18BrN/c1-12-2-9-16(18)17(10-12)19-11-13-3-5-14(6-4-13)15-7-8-15/h2-6,9-10,15,19H,7-8,11H2,1H3. The van der Waals surface area contributed by atoms with Crippen LogP contribution in [0.25, 0.3) is 0 Å². The summed E-state index contributed by atoms with van der Waals surface area (Å²) < 4.78 is 1.12. The third kappa shape index (κ3) is 3.19. The van der Waals surface area contributed by atoms with Gasteiger partial charge in [-0.05, 0) is 70.4 Å². The molecule has 0 atom stereocenters. The summed E-state index contributed by atoms with van der Waals surface area (Å²) in [5.74, 6) is 0.841. The van der Waals surface area contributed by atoms with Gasteiger partial charge in [0.05, 0.1) is 0 Å². The summed E-state index contributed by atoms with van der Waals surface area (Å²) in [7, 11) is 0. The Balaban J connectivity index is 1.66. The van der Waals surface area contributed by atoms with Crippen molar-refractivity contribution in [3.63, 3.8) is 0 Å². The lowest BCUT2D eigenvalue weighted by molar-refractivity contribution is 1.10. The first-order valence-corrected chi connectivity index (χ1v) is 7.60. The first-order valence-electron chi connectivity index (χ1n) is 6.81. The van der Waals surface area contributed by atoms with Crippen LogP contribution in [0.4, 0.5) is 5.69 Å². The second kappa shape index (κ2) is 5.38. The number of hydrogen-bond donors (Lipinski definition) is 1. The Morgan fingerprint density at radius 3 is 2.53 bits per heavy atom. The van der Waals surface area contributed by atoms with Crippen molar-refractivity contribution < 1.29 is 0 Å². The molecular weight excluding hydrogens is 298 g/mol. The van der Waals surface area contributed by atoms with E-state index in [2.05, 4.69) is 70.6 Å². The van der Waals surface area contributed by atoms with E-state index in [-0.39, 0.29) is 0 Å². The van der Waals surface area contributed by atoms with E-state index in [1.807, 2.05) is 0 Å². The van der Waals surface area contributed by atoms with Crippen LogP contribution < -0.4 is 5.32 Å². The lowest BCUT2D eigenvalue weighted by atomic mass is 10.1. The Bertz CT molecular complexity index is 570. The molecule has 3 rings (SSSR count). The zero-order chi connectivity index (χ0) is 13.2. The first kappa shape index (κ1) is 12.7. The fourth-order valence-electron chi connectivity index (χ4n) is 2.30. The van der Waals surface area contributed by atoms with Crippen molar-refractivity contribution in [2.24, 2.45) is 0 Å². The molecule has 0 radical (unpaired) electrons. The van der Waals surface area contributed by atoms with Crippen LogP contribution in [0.15, 0.2) is 46.9 Å². The van der Waals surface area contributed by atoms with Crippen LogP contribution in [-0.2, 0) is 6.54 Å². The van der Waals surface area contributed by atoms with Gasteiger partial charge in [-0.1, -0.05) is 30.3 Å².